The SMILES string of the molecule is CC[C@H](C)NC(=O)[C@H](CC)N(Cc1cccc(OC)c1)C(=O)CN(c1ccc(C)c(C)c1)S(=O)(=O)c1ccc(C)cc1. The van der Waals surface area contributed by atoms with E-state index in [0.717, 1.165) is 33.0 Å². The Balaban J connectivity index is 2.09. The summed E-state index contributed by atoms with van der Waals surface area (Å²) in [5.41, 5.74) is 3.97. The van der Waals surface area contributed by atoms with Crippen LogP contribution in [-0.2, 0) is 26.2 Å². The molecule has 1 N–H and O–H groups in total. The zero-order chi connectivity index (χ0) is 31.0. The van der Waals surface area contributed by atoms with Crippen molar-refractivity contribution in [3.63, 3.8) is 0 Å². The van der Waals surface area contributed by atoms with Gasteiger partial charge in [-0.05, 0) is 93.6 Å². The Morgan fingerprint density at radius 1 is 0.905 bits per heavy atom. The van der Waals surface area contributed by atoms with Crippen molar-refractivity contribution in [3.8, 4) is 5.75 Å². The lowest BCUT2D eigenvalue weighted by atomic mass is 10.1. The maximum atomic E-state index is 14.2. The molecule has 3 aromatic rings. The summed E-state index contributed by atoms with van der Waals surface area (Å²) in [6.07, 6.45) is 1.09. The van der Waals surface area contributed by atoms with Crippen LogP contribution in [0.1, 0.15) is 55.9 Å². The second-order valence-electron chi connectivity index (χ2n) is 10.7. The van der Waals surface area contributed by atoms with Gasteiger partial charge < -0.3 is 15.0 Å². The lowest BCUT2D eigenvalue weighted by molar-refractivity contribution is -0.140. The molecule has 3 rings (SSSR count). The highest BCUT2D eigenvalue weighted by Crippen LogP contribution is 2.27. The molecule has 0 spiro atoms. The molecule has 2 amide bonds. The molecule has 226 valence electrons. The standard InChI is InChI=1S/C33H43N3O5S/c1-8-26(6)34-33(38)31(9-2)35(21-27-11-10-12-29(20-27)41-7)32(37)22-36(28-16-15-24(4)25(5)19-28)42(39,40)30-17-13-23(3)14-18-30/h10-20,26,31H,8-9,21-22H2,1-7H3,(H,34,38)/t26-,31-/m0/s1. The van der Waals surface area contributed by atoms with Crippen LogP contribution in [0.3, 0.4) is 0 Å². The number of aryl methyl sites for hydroxylation is 3. The summed E-state index contributed by atoms with van der Waals surface area (Å²) in [6, 6.07) is 18.3. The third kappa shape index (κ3) is 7.91. The Morgan fingerprint density at radius 2 is 1.60 bits per heavy atom. The third-order valence-electron chi connectivity index (χ3n) is 7.54. The number of ether oxygens (including phenoxy) is 1. The minimum absolute atomic E-state index is 0.0748. The number of anilines is 1. The Hall–Kier alpha value is -3.85. The fourth-order valence-corrected chi connectivity index (χ4v) is 5.98. The summed E-state index contributed by atoms with van der Waals surface area (Å²) in [4.78, 5) is 29.2. The van der Waals surface area contributed by atoms with E-state index >= 15 is 0 Å². The van der Waals surface area contributed by atoms with Crippen LogP contribution in [0.15, 0.2) is 71.6 Å². The number of amides is 2. The fraction of sp³-hybridized carbons (Fsp3) is 0.394. The van der Waals surface area contributed by atoms with Gasteiger partial charge in [0.2, 0.25) is 11.8 Å². The molecule has 0 aliphatic rings. The van der Waals surface area contributed by atoms with Crippen LogP contribution in [0, 0.1) is 20.8 Å². The smallest absolute Gasteiger partial charge is 0.264 e. The van der Waals surface area contributed by atoms with Crippen LogP contribution < -0.4 is 14.4 Å². The minimum atomic E-state index is -4.12. The van der Waals surface area contributed by atoms with Crippen molar-refractivity contribution in [3.05, 3.63) is 89.0 Å². The second kappa shape index (κ2) is 14.4. The molecule has 9 heteroatoms. The number of rotatable bonds is 13. The zero-order valence-electron chi connectivity index (χ0n) is 25.7. The summed E-state index contributed by atoms with van der Waals surface area (Å²) in [5.74, 6) is -0.143. The van der Waals surface area contributed by atoms with Crippen molar-refractivity contribution < 1.29 is 22.7 Å². The van der Waals surface area contributed by atoms with E-state index in [0.29, 0.717) is 17.9 Å². The quantitative estimate of drug-likeness (QED) is 0.281. The van der Waals surface area contributed by atoms with Crippen molar-refractivity contribution in [2.24, 2.45) is 0 Å². The van der Waals surface area contributed by atoms with Crippen molar-refractivity contribution in [1.82, 2.24) is 10.2 Å². The summed E-state index contributed by atoms with van der Waals surface area (Å²) in [6.45, 7) is 11.1. The molecule has 0 aromatic heterocycles. The lowest BCUT2D eigenvalue weighted by Gasteiger charge is -2.34. The van der Waals surface area contributed by atoms with Gasteiger partial charge in [0, 0.05) is 12.6 Å². The largest absolute Gasteiger partial charge is 0.497 e. The number of nitrogens with zero attached hydrogens (tertiary/aromatic N) is 2. The fourth-order valence-electron chi connectivity index (χ4n) is 4.58. The topological polar surface area (TPSA) is 96.0 Å². The van der Waals surface area contributed by atoms with Crippen LogP contribution >= 0.6 is 0 Å². The van der Waals surface area contributed by atoms with Gasteiger partial charge in [0.1, 0.15) is 18.3 Å². The lowest BCUT2D eigenvalue weighted by Crippen LogP contribution is -2.53. The number of carbonyl (C=O) groups excluding carboxylic acids is 2. The van der Waals surface area contributed by atoms with Crippen LogP contribution in [-0.4, -0.2) is 50.9 Å². The van der Waals surface area contributed by atoms with E-state index in [1.807, 2.05) is 65.8 Å². The summed E-state index contributed by atoms with van der Waals surface area (Å²) in [7, 11) is -2.56. The van der Waals surface area contributed by atoms with E-state index in [4.69, 9.17) is 4.74 Å². The first-order chi connectivity index (χ1) is 19.9. The Labute approximate surface area is 250 Å². The number of hydrogen-bond acceptors (Lipinski definition) is 5. The van der Waals surface area contributed by atoms with Gasteiger partial charge in [-0.15, -0.1) is 0 Å². The second-order valence-corrected chi connectivity index (χ2v) is 12.6. The summed E-state index contributed by atoms with van der Waals surface area (Å²) in [5, 5.41) is 2.99. The van der Waals surface area contributed by atoms with Crippen LogP contribution in [0.4, 0.5) is 5.69 Å². The van der Waals surface area contributed by atoms with Gasteiger partial charge >= 0.3 is 0 Å². The van der Waals surface area contributed by atoms with E-state index in [9.17, 15) is 18.0 Å². The molecule has 0 fully saturated rings. The number of sulfonamides is 1. The molecule has 8 nitrogen and oxygen atoms in total. The van der Waals surface area contributed by atoms with Crippen LogP contribution in [0.2, 0.25) is 0 Å². The van der Waals surface area contributed by atoms with Gasteiger partial charge in [0.25, 0.3) is 10.0 Å². The number of hydrogen-bond donors (Lipinski definition) is 1. The predicted molar refractivity (Wildman–Crippen MR) is 167 cm³/mol. The van der Waals surface area contributed by atoms with Crippen LogP contribution in [0.5, 0.6) is 5.75 Å². The van der Waals surface area contributed by atoms with E-state index in [1.54, 1.807) is 49.6 Å². The average molecular weight is 594 g/mol. The molecule has 0 bridgehead atoms. The van der Waals surface area contributed by atoms with Gasteiger partial charge in [0.05, 0.1) is 17.7 Å². The Bertz CT molecular complexity index is 1490. The molecule has 0 unspecified atom stereocenters. The normalized spacial score (nSPS) is 12.7. The predicted octanol–water partition coefficient (Wildman–Crippen LogP) is 5.54. The zero-order valence-corrected chi connectivity index (χ0v) is 26.5. The summed E-state index contributed by atoms with van der Waals surface area (Å²) < 4.78 is 34.6. The van der Waals surface area contributed by atoms with E-state index < -0.39 is 28.5 Å². The molecule has 0 heterocycles. The van der Waals surface area contributed by atoms with Crippen molar-refractivity contribution in [2.45, 2.75) is 77.9 Å². The number of nitrogens with one attached hydrogen (secondary N) is 1. The maximum Gasteiger partial charge on any atom is 0.264 e. The first-order valence-corrected chi connectivity index (χ1v) is 15.7. The van der Waals surface area contributed by atoms with Gasteiger partial charge in [-0.2, -0.15) is 0 Å². The van der Waals surface area contributed by atoms with E-state index in [-0.39, 0.29) is 23.4 Å². The molecule has 3 aromatic carbocycles. The molecule has 0 saturated carbocycles. The van der Waals surface area contributed by atoms with E-state index in [2.05, 4.69) is 5.32 Å². The first-order valence-electron chi connectivity index (χ1n) is 14.3. The highest BCUT2D eigenvalue weighted by Gasteiger charge is 2.34. The van der Waals surface area contributed by atoms with Gasteiger partial charge in [0.15, 0.2) is 0 Å². The summed E-state index contributed by atoms with van der Waals surface area (Å²) >= 11 is 0. The first kappa shape index (κ1) is 32.7. The Kier molecular flexibility index (Phi) is 11.2. The van der Waals surface area contributed by atoms with E-state index in [1.165, 1.54) is 4.90 Å². The van der Waals surface area contributed by atoms with Crippen molar-refractivity contribution >= 4 is 27.5 Å². The molecule has 0 radical (unpaired) electrons. The average Bonchev–Trinajstić information content (AvgIpc) is 2.97. The van der Waals surface area contributed by atoms with Crippen LogP contribution in [0.25, 0.3) is 0 Å². The van der Waals surface area contributed by atoms with Crippen molar-refractivity contribution in [2.75, 3.05) is 18.0 Å². The van der Waals surface area contributed by atoms with Gasteiger partial charge in [-0.3, -0.25) is 13.9 Å². The molecule has 0 aliphatic heterocycles. The molecular weight excluding hydrogens is 550 g/mol. The van der Waals surface area contributed by atoms with Gasteiger partial charge in [-0.1, -0.05) is 49.7 Å². The molecule has 42 heavy (non-hydrogen) atoms. The molecular formula is C33H43N3O5S. The number of benzene rings is 3. The van der Waals surface area contributed by atoms with Crippen molar-refractivity contribution in [1.29, 1.82) is 0 Å². The maximum absolute atomic E-state index is 14.2. The number of methoxy groups -OCH3 is 1. The highest BCUT2D eigenvalue weighted by molar-refractivity contribution is 7.92. The molecule has 2 atom stereocenters. The monoisotopic (exact) mass is 593 g/mol. The molecule has 0 saturated heterocycles. The Morgan fingerprint density at radius 3 is 2.19 bits per heavy atom. The highest BCUT2D eigenvalue weighted by atomic mass is 32.2. The van der Waals surface area contributed by atoms with Gasteiger partial charge in [-0.25, -0.2) is 8.42 Å². The molecule has 0 aliphatic carbocycles. The number of carbonyl (C=O) groups is 2. The minimum Gasteiger partial charge on any atom is -0.497 e. The third-order valence-corrected chi connectivity index (χ3v) is 9.33.